The Hall–Kier alpha value is -2.85. The third kappa shape index (κ3) is 11.1. The summed E-state index contributed by atoms with van der Waals surface area (Å²) in [6, 6.07) is 5.06. The summed E-state index contributed by atoms with van der Waals surface area (Å²) >= 11 is 5.84. The second-order valence-corrected chi connectivity index (χ2v) is 10.5. The average molecular weight is 619 g/mol. The number of aliphatic carboxylic acids is 2. The van der Waals surface area contributed by atoms with Gasteiger partial charge in [-0.1, -0.05) is 43.0 Å². The molecule has 6 atom stereocenters. The Balaban J connectivity index is 2.06. The molecule has 0 aromatic heterocycles. The normalized spacial score (nSPS) is 23.5. The Morgan fingerprint density at radius 3 is 2.29 bits per heavy atom. The van der Waals surface area contributed by atoms with Crippen molar-refractivity contribution in [1.29, 1.82) is 0 Å². The minimum Gasteiger partial charge on any atom is -0.481 e. The van der Waals surface area contributed by atoms with E-state index in [0.29, 0.717) is 42.7 Å². The zero-order chi connectivity index (χ0) is 31.3. The summed E-state index contributed by atoms with van der Waals surface area (Å²) in [5.74, 6) is -6.38. The molecule has 8 N–H and O–H groups in total. The maximum atomic E-state index is 12.3. The highest BCUT2D eigenvalue weighted by Crippen LogP contribution is 2.34. The first-order valence-electron chi connectivity index (χ1n) is 13.6. The molecule has 42 heavy (non-hydrogen) atoms. The van der Waals surface area contributed by atoms with Gasteiger partial charge in [0.2, 0.25) is 11.8 Å². The fourth-order valence-corrected chi connectivity index (χ4v) is 4.63. The van der Waals surface area contributed by atoms with Gasteiger partial charge in [-0.15, -0.1) is 0 Å². The summed E-state index contributed by atoms with van der Waals surface area (Å²) in [5, 5.41) is 65.4. The lowest BCUT2D eigenvalue weighted by Gasteiger charge is -2.46. The van der Waals surface area contributed by atoms with Crippen LogP contribution in [0.25, 0.3) is 0 Å². The molecule has 0 radical (unpaired) electrons. The Morgan fingerprint density at radius 1 is 1.02 bits per heavy atom. The van der Waals surface area contributed by atoms with Crippen LogP contribution in [-0.4, -0.2) is 110 Å². The van der Waals surface area contributed by atoms with Gasteiger partial charge in [0.1, 0.15) is 18.8 Å². The lowest BCUT2D eigenvalue weighted by molar-refractivity contribution is -0.310. The zero-order valence-corrected chi connectivity index (χ0v) is 23.7. The lowest BCUT2D eigenvalue weighted by atomic mass is 9.88. The Labute approximate surface area is 247 Å². The highest BCUT2D eigenvalue weighted by molar-refractivity contribution is 6.30. The van der Waals surface area contributed by atoms with Crippen LogP contribution in [0.15, 0.2) is 24.3 Å². The Bertz CT molecular complexity index is 1040. The zero-order valence-electron chi connectivity index (χ0n) is 23.0. The van der Waals surface area contributed by atoms with Gasteiger partial charge in [-0.05, 0) is 30.5 Å². The molecule has 0 spiro atoms. The number of aliphatic hydroxyl groups excluding tert-OH is 4. The summed E-state index contributed by atoms with van der Waals surface area (Å²) in [6.45, 7) is -1.56. The molecule has 2 rings (SSSR count). The molecule has 236 valence electrons. The number of halogens is 1. The van der Waals surface area contributed by atoms with Crippen molar-refractivity contribution in [2.24, 2.45) is 0 Å². The standard InChI is InChI=1S/C27H39ClN2O12/c28-17-9-7-16(8-10-17)12-20(34)29-14-19(33)24(38)25-23(30-21(35)15-31)18(32)13-27(42-25,26(39)40)41-11-5-3-1-2-4-6-22(36)37/h7-10,18-19,23-25,31-33,38H,1-6,11-15H2,(H,29,34)(H,30,35)(H,36,37)(H,39,40)/t18-,19+,23+,24+,25+,27+/m0/s1. The van der Waals surface area contributed by atoms with Crippen molar-refractivity contribution in [2.45, 2.75) is 87.6 Å². The van der Waals surface area contributed by atoms with Crippen LogP contribution in [0, 0.1) is 0 Å². The van der Waals surface area contributed by atoms with E-state index >= 15 is 0 Å². The number of hydrogen-bond acceptors (Lipinski definition) is 10. The fourth-order valence-electron chi connectivity index (χ4n) is 4.50. The van der Waals surface area contributed by atoms with Crippen molar-refractivity contribution in [3.63, 3.8) is 0 Å². The summed E-state index contributed by atoms with van der Waals surface area (Å²) < 4.78 is 11.2. The van der Waals surface area contributed by atoms with Gasteiger partial charge in [-0.25, -0.2) is 4.79 Å². The van der Waals surface area contributed by atoms with Crippen LogP contribution < -0.4 is 10.6 Å². The largest absolute Gasteiger partial charge is 0.481 e. The summed E-state index contributed by atoms with van der Waals surface area (Å²) in [4.78, 5) is 47.1. The van der Waals surface area contributed by atoms with Gasteiger partial charge in [-0.3, -0.25) is 14.4 Å². The van der Waals surface area contributed by atoms with Gasteiger partial charge in [0.05, 0.1) is 31.3 Å². The van der Waals surface area contributed by atoms with Gasteiger partial charge in [0.15, 0.2) is 0 Å². The number of carboxylic acid groups (broad SMARTS) is 2. The van der Waals surface area contributed by atoms with Crippen LogP contribution >= 0.6 is 11.6 Å². The quantitative estimate of drug-likeness (QED) is 0.0979. The molecule has 1 saturated heterocycles. The number of ether oxygens (including phenoxy) is 2. The van der Waals surface area contributed by atoms with Gasteiger partial charge >= 0.3 is 11.9 Å². The minimum atomic E-state index is -2.44. The molecule has 1 aliphatic heterocycles. The second kappa shape index (κ2) is 17.3. The summed E-state index contributed by atoms with van der Waals surface area (Å²) in [6.07, 6.45) is -4.78. The van der Waals surface area contributed by atoms with E-state index in [9.17, 15) is 39.6 Å². The Morgan fingerprint density at radius 2 is 1.67 bits per heavy atom. The number of aliphatic hydroxyl groups is 4. The molecule has 14 nitrogen and oxygen atoms in total. The number of carbonyl (C=O) groups excluding carboxylic acids is 2. The van der Waals surface area contributed by atoms with Crippen LogP contribution in [0.5, 0.6) is 0 Å². The van der Waals surface area contributed by atoms with Crippen LogP contribution in [0.2, 0.25) is 5.02 Å². The second-order valence-electron chi connectivity index (χ2n) is 10.1. The topological polar surface area (TPSA) is 232 Å². The minimum absolute atomic E-state index is 0.0522. The van der Waals surface area contributed by atoms with Crippen molar-refractivity contribution >= 4 is 35.4 Å². The van der Waals surface area contributed by atoms with Crippen LogP contribution in [-0.2, 0) is 35.1 Å². The predicted molar refractivity (Wildman–Crippen MR) is 146 cm³/mol. The molecule has 0 unspecified atom stereocenters. The Kier molecular flexibility index (Phi) is 14.6. The number of rotatable bonds is 18. The van der Waals surface area contributed by atoms with Crippen molar-refractivity contribution in [1.82, 2.24) is 10.6 Å². The predicted octanol–water partition coefficient (Wildman–Crippen LogP) is -0.430. The van der Waals surface area contributed by atoms with Gasteiger partial charge in [0, 0.05) is 24.4 Å². The third-order valence-electron chi connectivity index (χ3n) is 6.76. The molecule has 0 aliphatic carbocycles. The van der Waals surface area contributed by atoms with Crippen LogP contribution in [0.4, 0.5) is 0 Å². The highest BCUT2D eigenvalue weighted by Gasteiger charge is 2.55. The number of hydrogen-bond donors (Lipinski definition) is 8. The molecule has 2 amide bonds. The van der Waals surface area contributed by atoms with Crippen molar-refractivity contribution in [3.05, 3.63) is 34.9 Å². The van der Waals surface area contributed by atoms with E-state index < -0.39 is 79.6 Å². The van der Waals surface area contributed by atoms with Crippen molar-refractivity contribution in [3.8, 4) is 0 Å². The van der Waals surface area contributed by atoms with Crippen molar-refractivity contribution < 1.29 is 59.3 Å². The van der Waals surface area contributed by atoms with E-state index in [-0.39, 0.29) is 19.4 Å². The fraction of sp³-hybridized carbons (Fsp3) is 0.630. The van der Waals surface area contributed by atoms with Gasteiger partial charge in [0.25, 0.3) is 5.79 Å². The molecule has 1 aromatic carbocycles. The maximum Gasteiger partial charge on any atom is 0.364 e. The number of carboxylic acids is 2. The number of carbonyl (C=O) groups is 4. The first-order valence-corrected chi connectivity index (χ1v) is 14.0. The summed E-state index contributed by atoms with van der Waals surface area (Å²) in [5.41, 5.74) is 0.640. The van der Waals surface area contributed by atoms with E-state index in [2.05, 4.69) is 10.6 Å². The number of amides is 2. The monoisotopic (exact) mass is 618 g/mol. The molecular formula is C27H39ClN2O12. The lowest BCUT2D eigenvalue weighted by Crippen LogP contribution is -2.68. The average Bonchev–Trinajstić information content (AvgIpc) is 2.94. The summed E-state index contributed by atoms with van der Waals surface area (Å²) in [7, 11) is 0. The highest BCUT2D eigenvalue weighted by atomic mass is 35.5. The first-order chi connectivity index (χ1) is 19.9. The molecule has 1 fully saturated rings. The van der Waals surface area contributed by atoms with E-state index in [1.807, 2.05) is 0 Å². The van der Waals surface area contributed by atoms with Crippen LogP contribution in [0.1, 0.15) is 50.5 Å². The van der Waals surface area contributed by atoms with E-state index in [0.717, 1.165) is 0 Å². The number of nitrogens with one attached hydrogen (secondary N) is 2. The molecule has 0 bridgehead atoms. The molecule has 1 aliphatic rings. The van der Waals surface area contributed by atoms with Gasteiger partial charge < -0.3 is 50.7 Å². The van der Waals surface area contributed by atoms with E-state index in [4.69, 9.17) is 31.3 Å². The first kappa shape index (κ1) is 35.3. The molecular weight excluding hydrogens is 580 g/mol. The number of benzene rings is 1. The molecule has 15 heteroatoms. The third-order valence-corrected chi connectivity index (χ3v) is 7.01. The molecule has 1 heterocycles. The van der Waals surface area contributed by atoms with Crippen molar-refractivity contribution in [2.75, 3.05) is 19.8 Å². The smallest absolute Gasteiger partial charge is 0.364 e. The number of unbranched alkanes of at least 4 members (excludes halogenated alkanes) is 4. The van der Waals surface area contributed by atoms with Crippen LogP contribution in [0.3, 0.4) is 0 Å². The van der Waals surface area contributed by atoms with E-state index in [1.54, 1.807) is 24.3 Å². The molecule has 1 aromatic rings. The van der Waals surface area contributed by atoms with E-state index in [1.165, 1.54) is 0 Å². The SMILES string of the molecule is O=C(O)CCCCCCCO[C@]1(C(=O)O)C[C@H](O)[C@@H](NC(=O)CO)[C@H]([C@H](O)[C@H](O)CNC(=O)Cc2ccc(Cl)cc2)O1. The van der Waals surface area contributed by atoms with Gasteiger partial charge in [-0.2, -0.15) is 0 Å². The maximum absolute atomic E-state index is 12.3. The molecule has 0 saturated carbocycles.